The lowest BCUT2D eigenvalue weighted by Gasteiger charge is -2.33. The van der Waals surface area contributed by atoms with Crippen molar-refractivity contribution in [3.05, 3.63) is 35.9 Å². The largest absolute Gasteiger partial charge is 0.381 e. The summed E-state index contributed by atoms with van der Waals surface area (Å²) in [6.45, 7) is 3.01. The Morgan fingerprint density at radius 3 is 2.62 bits per heavy atom. The first-order valence-corrected chi connectivity index (χ1v) is 8.79. The van der Waals surface area contributed by atoms with Gasteiger partial charge in [-0.1, -0.05) is 43.2 Å². The molecule has 0 bridgehead atoms. The molecule has 0 aliphatic heterocycles. The van der Waals surface area contributed by atoms with Gasteiger partial charge in [-0.2, -0.15) is 0 Å². The van der Waals surface area contributed by atoms with E-state index in [9.17, 15) is 0 Å². The van der Waals surface area contributed by atoms with Crippen molar-refractivity contribution in [2.45, 2.75) is 56.9 Å². The lowest BCUT2D eigenvalue weighted by molar-refractivity contribution is 0.121. The van der Waals surface area contributed by atoms with E-state index in [-0.39, 0.29) is 0 Å². The molecule has 116 valence electrons. The summed E-state index contributed by atoms with van der Waals surface area (Å²) >= 11 is 0. The molecule has 2 heteroatoms. The molecular formula is C19H29NO. The molecule has 2 nitrogen and oxygen atoms in total. The molecule has 1 N–H and O–H groups in total. The van der Waals surface area contributed by atoms with Crippen LogP contribution in [0.15, 0.2) is 30.3 Å². The summed E-state index contributed by atoms with van der Waals surface area (Å²) in [5.74, 6) is 1.59. The van der Waals surface area contributed by atoms with E-state index < -0.39 is 0 Å². The van der Waals surface area contributed by atoms with Crippen molar-refractivity contribution < 1.29 is 4.74 Å². The average molecular weight is 287 g/mol. The van der Waals surface area contributed by atoms with Crippen LogP contribution in [0.5, 0.6) is 0 Å². The molecule has 2 fully saturated rings. The van der Waals surface area contributed by atoms with E-state index in [4.69, 9.17) is 4.74 Å². The molecular weight excluding hydrogens is 258 g/mol. The minimum atomic E-state index is 0.657. The van der Waals surface area contributed by atoms with Crippen molar-refractivity contribution >= 4 is 0 Å². The molecule has 1 aromatic rings. The molecule has 2 saturated carbocycles. The lowest BCUT2D eigenvalue weighted by atomic mass is 9.80. The monoisotopic (exact) mass is 287 g/mol. The van der Waals surface area contributed by atoms with Gasteiger partial charge in [-0.05, 0) is 56.0 Å². The summed E-state index contributed by atoms with van der Waals surface area (Å²) in [4.78, 5) is 0. The van der Waals surface area contributed by atoms with Gasteiger partial charge >= 0.3 is 0 Å². The molecule has 3 rings (SSSR count). The third-order valence-electron chi connectivity index (χ3n) is 4.92. The Bertz CT molecular complexity index is 401. The Hall–Kier alpha value is -0.860. The minimum absolute atomic E-state index is 0.657. The number of nitrogens with one attached hydrogen (secondary N) is 1. The van der Waals surface area contributed by atoms with Crippen molar-refractivity contribution in [3.8, 4) is 0 Å². The summed E-state index contributed by atoms with van der Waals surface area (Å²) in [6.07, 6.45) is 9.33. The van der Waals surface area contributed by atoms with Crippen molar-refractivity contribution in [1.82, 2.24) is 5.32 Å². The highest BCUT2D eigenvalue weighted by Crippen LogP contribution is 2.33. The average Bonchev–Trinajstić information content (AvgIpc) is 3.36. The van der Waals surface area contributed by atoms with E-state index in [2.05, 4.69) is 35.6 Å². The molecule has 0 saturated heterocycles. The number of hydrogen-bond donors (Lipinski definition) is 1. The standard InChI is InChI=1S/C19H29NO/c1-2-7-17(8-3-1)18-9-4-5-10-19(18)20-13-6-14-21-15-16-11-12-16/h1-3,7-8,16,18-20H,4-6,9-15H2. The molecule has 21 heavy (non-hydrogen) atoms. The zero-order valence-corrected chi connectivity index (χ0v) is 13.1. The highest BCUT2D eigenvalue weighted by Gasteiger charge is 2.25. The van der Waals surface area contributed by atoms with E-state index in [1.807, 2.05) is 0 Å². The SMILES string of the molecule is c1ccc(C2CCCCC2NCCCOCC2CC2)cc1. The third kappa shape index (κ3) is 4.82. The quantitative estimate of drug-likeness (QED) is 0.726. The molecule has 2 atom stereocenters. The fourth-order valence-electron chi connectivity index (χ4n) is 3.47. The summed E-state index contributed by atoms with van der Waals surface area (Å²) in [5, 5.41) is 3.79. The van der Waals surface area contributed by atoms with E-state index in [1.165, 1.54) is 44.1 Å². The van der Waals surface area contributed by atoms with E-state index in [0.717, 1.165) is 32.1 Å². The maximum absolute atomic E-state index is 5.72. The smallest absolute Gasteiger partial charge is 0.0494 e. The number of hydrogen-bond acceptors (Lipinski definition) is 2. The maximum atomic E-state index is 5.72. The fourth-order valence-corrected chi connectivity index (χ4v) is 3.47. The molecule has 2 unspecified atom stereocenters. The van der Waals surface area contributed by atoms with Crippen molar-refractivity contribution in [1.29, 1.82) is 0 Å². The van der Waals surface area contributed by atoms with E-state index in [0.29, 0.717) is 12.0 Å². The first kappa shape index (κ1) is 15.1. The zero-order chi connectivity index (χ0) is 14.3. The van der Waals surface area contributed by atoms with Gasteiger partial charge in [0.25, 0.3) is 0 Å². The van der Waals surface area contributed by atoms with Gasteiger partial charge in [0, 0.05) is 19.3 Å². The summed E-state index contributed by atoms with van der Waals surface area (Å²) in [5.41, 5.74) is 1.51. The van der Waals surface area contributed by atoms with Crippen molar-refractivity contribution in [2.75, 3.05) is 19.8 Å². The molecule has 0 amide bonds. The van der Waals surface area contributed by atoms with Crippen molar-refractivity contribution in [2.24, 2.45) is 5.92 Å². The molecule has 1 aromatic carbocycles. The van der Waals surface area contributed by atoms with Crippen LogP contribution in [0.3, 0.4) is 0 Å². The van der Waals surface area contributed by atoms with Crippen LogP contribution in [0.25, 0.3) is 0 Å². The van der Waals surface area contributed by atoms with Crippen LogP contribution < -0.4 is 5.32 Å². The second kappa shape index (κ2) is 7.95. The maximum Gasteiger partial charge on any atom is 0.0494 e. The minimum Gasteiger partial charge on any atom is -0.381 e. The van der Waals surface area contributed by atoms with E-state index >= 15 is 0 Å². The first-order chi connectivity index (χ1) is 10.4. The Kier molecular flexibility index (Phi) is 5.70. The highest BCUT2D eigenvalue weighted by atomic mass is 16.5. The van der Waals surface area contributed by atoms with Crippen LogP contribution in [0.1, 0.15) is 56.4 Å². The van der Waals surface area contributed by atoms with Crippen LogP contribution in [-0.2, 0) is 4.74 Å². The molecule has 2 aliphatic rings. The van der Waals surface area contributed by atoms with Gasteiger partial charge in [0.15, 0.2) is 0 Å². The van der Waals surface area contributed by atoms with Gasteiger partial charge in [0.1, 0.15) is 0 Å². The van der Waals surface area contributed by atoms with Gasteiger partial charge in [-0.25, -0.2) is 0 Å². The van der Waals surface area contributed by atoms with Crippen LogP contribution in [0, 0.1) is 5.92 Å². The van der Waals surface area contributed by atoms with Gasteiger partial charge in [-0.15, -0.1) is 0 Å². The van der Waals surface area contributed by atoms with E-state index in [1.54, 1.807) is 0 Å². The van der Waals surface area contributed by atoms with Crippen LogP contribution in [0.4, 0.5) is 0 Å². The highest BCUT2D eigenvalue weighted by molar-refractivity contribution is 5.21. The van der Waals surface area contributed by atoms with Crippen LogP contribution in [-0.4, -0.2) is 25.8 Å². The number of benzene rings is 1. The lowest BCUT2D eigenvalue weighted by Crippen LogP contribution is -2.38. The summed E-state index contributed by atoms with van der Waals surface area (Å²) in [7, 11) is 0. The second-order valence-corrected chi connectivity index (χ2v) is 6.73. The zero-order valence-electron chi connectivity index (χ0n) is 13.1. The third-order valence-corrected chi connectivity index (χ3v) is 4.92. The van der Waals surface area contributed by atoms with Gasteiger partial charge in [0.05, 0.1) is 0 Å². The Morgan fingerprint density at radius 2 is 1.81 bits per heavy atom. The van der Waals surface area contributed by atoms with Gasteiger partial charge < -0.3 is 10.1 Å². The Balaban J connectivity index is 1.39. The Morgan fingerprint density at radius 1 is 1.00 bits per heavy atom. The predicted octanol–water partition coefficient (Wildman–Crippen LogP) is 4.12. The van der Waals surface area contributed by atoms with Gasteiger partial charge in [0.2, 0.25) is 0 Å². The molecule has 0 aromatic heterocycles. The normalized spacial score (nSPS) is 25.9. The summed E-state index contributed by atoms with van der Waals surface area (Å²) in [6, 6.07) is 11.7. The van der Waals surface area contributed by atoms with Crippen LogP contribution >= 0.6 is 0 Å². The topological polar surface area (TPSA) is 21.3 Å². The predicted molar refractivity (Wildman–Crippen MR) is 87.6 cm³/mol. The fraction of sp³-hybridized carbons (Fsp3) is 0.684. The number of rotatable bonds is 8. The van der Waals surface area contributed by atoms with Crippen LogP contribution in [0.2, 0.25) is 0 Å². The van der Waals surface area contributed by atoms with Gasteiger partial charge in [-0.3, -0.25) is 0 Å². The summed E-state index contributed by atoms with van der Waals surface area (Å²) < 4.78 is 5.72. The number of ether oxygens (including phenoxy) is 1. The molecule has 0 spiro atoms. The second-order valence-electron chi connectivity index (χ2n) is 6.73. The molecule has 0 heterocycles. The Labute approximate surface area is 129 Å². The van der Waals surface area contributed by atoms with Crippen molar-refractivity contribution in [3.63, 3.8) is 0 Å². The molecule has 2 aliphatic carbocycles. The first-order valence-electron chi connectivity index (χ1n) is 8.79. The molecule has 0 radical (unpaired) electrons.